The van der Waals surface area contributed by atoms with E-state index >= 15 is 0 Å². The smallest absolute Gasteiger partial charge is 0.397 e. The number of rotatable bonds is 5. The van der Waals surface area contributed by atoms with E-state index in [4.69, 9.17) is 5.73 Å². The Morgan fingerprint density at radius 1 is 1.03 bits per heavy atom. The molecule has 1 amide bonds. The number of aromatic amines is 1. The van der Waals surface area contributed by atoms with Gasteiger partial charge in [-0.05, 0) is 75.4 Å². The maximum atomic E-state index is 13.1. The van der Waals surface area contributed by atoms with Gasteiger partial charge in [-0.3, -0.25) is 14.2 Å². The number of aromatic nitrogens is 2. The molecular formula is C26H23Br2F3N4O3. The summed E-state index contributed by atoms with van der Waals surface area (Å²) < 4.78 is 42.0. The quantitative estimate of drug-likeness (QED) is 0.274. The van der Waals surface area contributed by atoms with Gasteiger partial charge in [-0.1, -0.05) is 12.1 Å². The third-order valence-electron chi connectivity index (χ3n) is 7.22. The lowest BCUT2D eigenvalue weighted by Crippen LogP contribution is -2.41. The van der Waals surface area contributed by atoms with Gasteiger partial charge in [-0.15, -0.1) is 0 Å². The summed E-state index contributed by atoms with van der Waals surface area (Å²) in [5, 5.41) is 0. The van der Waals surface area contributed by atoms with E-state index in [-0.39, 0.29) is 35.1 Å². The molecule has 3 N–H and O–H groups in total. The van der Waals surface area contributed by atoms with Crippen LogP contribution in [0.5, 0.6) is 0 Å². The number of hydrogen-bond donors (Lipinski definition) is 2. The topological polar surface area (TPSA) is 101 Å². The number of nitrogens with two attached hydrogens (primary N) is 1. The van der Waals surface area contributed by atoms with Crippen LogP contribution < -0.4 is 11.4 Å². The molecule has 2 atom stereocenters. The Labute approximate surface area is 232 Å². The average Bonchev–Trinajstić information content (AvgIpc) is 3.60. The number of carbonyl (C=O) groups excluding carboxylic acids is 2. The summed E-state index contributed by atoms with van der Waals surface area (Å²) in [5.74, 6) is -0.899. The number of likely N-dealkylation sites (tertiary alicyclic amines) is 1. The van der Waals surface area contributed by atoms with Gasteiger partial charge < -0.3 is 15.6 Å². The van der Waals surface area contributed by atoms with Gasteiger partial charge in [-0.25, -0.2) is 4.79 Å². The number of amides is 1. The molecule has 1 aliphatic heterocycles. The lowest BCUT2D eigenvalue weighted by atomic mass is 10.0. The number of nitrogens with one attached hydrogen (secondary N) is 1. The zero-order chi connectivity index (χ0) is 27.4. The maximum absolute atomic E-state index is 13.1. The van der Waals surface area contributed by atoms with Crippen LogP contribution in [0.25, 0.3) is 11.3 Å². The minimum absolute atomic E-state index is 0.0681. The molecule has 5 rings (SSSR count). The first-order valence-electron chi connectivity index (χ1n) is 12.0. The Kier molecular flexibility index (Phi) is 7.06. The SMILES string of the molecule is Nc1c(Br)cc(C(=O)C2CC2C(=O)N2CCC(n3cc(-c4cccc(C(F)(F)F)c4)[nH]c3=O)CC2)cc1Br. The van der Waals surface area contributed by atoms with Crippen molar-refractivity contribution in [2.45, 2.75) is 31.5 Å². The number of ketones is 1. The molecule has 2 unspecified atom stereocenters. The van der Waals surface area contributed by atoms with Crippen LogP contribution in [0, 0.1) is 11.8 Å². The second-order valence-corrected chi connectivity index (χ2v) is 11.4. The minimum Gasteiger partial charge on any atom is -0.397 e. The molecule has 7 nitrogen and oxygen atoms in total. The van der Waals surface area contributed by atoms with Crippen LogP contribution in [-0.4, -0.2) is 39.2 Å². The molecule has 38 heavy (non-hydrogen) atoms. The number of nitrogens with zero attached hydrogens (tertiary/aromatic N) is 2. The van der Waals surface area contributed by atoms with Gasteiger partial charge in [-0.2, -0.15) is 13.2 Å². The zero-order valence-electron chi connectivity index (χ0n) is 19.9. The van der Waals surface area contributed by atoms with Crippen molar-refractivity contribution in [3.05, 3.63) is 73.2 Å². The van der Waals surface area contributed by atoms with Crippen LogP contribution in [0.4, 0.5) is 18.9 Å². The molecule has 3 aromatic rings. The van der Waals surface area contributed by atoms with E-state index in [0.717, 1.165) is 12.1 Å². The van der Waals surface area contributed by atoms with Crippen molar-refractivity contribution in [2.24, 2.45) is 11.8 Å². The minimum atomic E-state index is -4.48. The number of benzene rings is 2. The molecule has 1 aliphatic carbocycles. The number of piperidine rings is 1. The number of carbonyl (C=O) groups is 2. The van der Waals surface area contributed by atoms with Gasteiger partial charge in [0.2, 0.25) is 5.91 Å². The molecule has 0 bridgehead atoms. The van der Waals surface area contributed by atoms with Crippen molar-refractivity contribution in [3.8, 4) is 11.3 Å². The molecular weight excluding hydrogens is 633 g/mol. The maximum Gasteiger partial charge on any atom is 0.416 e. The van der Waals surface area contributed by atoms with Crippen LogP contribution in [0.15, 0.2) is 56.3 Å². The van der Waals surface area contributed by atoms with Crippen LogP contribution in [0.3, 0.4) is 0 Å². The lowest BCUT2D eigenvalue weighted by Gasteiger charge is -2.32. The van der Waals surface area contributed by atoms with E-state index in [1.807, 2.05) is 0 Å². The molecule has 2 aliphatic rings. The van der Waals surface area contributed by atoms with Gasteiger partial charge in [0.15, 0.2) is 5.78 Å². The van der Waals surface area contributed by atoms with Crippen molar-refractivity contribution in [2.75, 3.05) is 18.8 Å². The Balaban J connectivity index is 1.21. The molecule has 2 aromatic carbocycles. The zero-order valence-corrected chi connectivity index (χ0v) is 23.1. The number of hydrogen-bond acceptors (Lipinski definition) is 4. The summed E-state index contributed by atoms with van der Waals surface area (Å²) in [6, 6.07) is 7.94. The summed E-state index contributed by atoms with van der Waals surface area (Å²) in [4.78, 5) is 43.0. The summed E-state index contributed by atoms with van der Waals surface area (Å²) in [7, 11) is 0. The van der Waals surface area contributed by atoms with E-state index in [0.29, 0.717) is 58.2 Å². The average molecular weight is 656 g/mol. The normalized spacial score (nSPS) is 20.0. The standard InChI is InChI=1S/C26H23Br2F3N4O3/c27-19-9-14(10-20(28)22(19)32)23(36)17-11-18(17)24(37)34-6-4-16(5-7-34)35-12-21(33-25(35)38)13-2-1-3-15(8-13)26(29,30)31/h1-3,8-10,12,16-18H,4-7,11,32H2,(H,33,38). The number of imidazole rings is 1. The largest absolute Gasteiger partial charge is 0.416 e. The number of H-pyrrole nitrogens is 1. The highest BCUT2D eigenvalue weighted by Gasteiger charge is 2.50. The molecule has 1 saturated carbocycles. The van der Waals surface area contributed by atoms with Gasteiger partial charge in [0.05, 0.1) is 16.9 Å². The number of Topliss-reactive ketones (excluding diaryl/α,β-unsaturated/α-hetero) is 1. The van der Waals surface area contributed by atoms with Gasteiger partial charge in [0.25, 0.3) is 0 Å². The van der Waals surface area contributed by atoms with Gasteiger partial charge in [0, 0.05) is 57.2 Å². The Bertz CT molecular complexity index is 1450. The summed E-state index contributed by atoms with van der Waals surface area (Å²) >= 11 is 6.69. The van der Waals surface area contributed by atoms with E-state index < -0.39 is 17.4 Å². The van der Waals surface area contributed by atoms with E-state index in [1.54, 1.807) is 23.2 Å². The number of alkyl halides is 3. The molecule has 12 heteroatoms. The molecule has 1 saturated heterocycles. The second-order valence-electron chi connectivity index (χ2n) is 9.68. The van der Waals surface area contributed by atoms with Crippen LogP contribution in [0.1, 0.15) is 41.2 Å². The number of nitrogen functional groups attached to an aromatic ring is 1. The molecule has 2 fully saturated rings. The lowest BCUT2D eigenvalue weighted by molar-refractivity contribution is -0.137. The predicted molar refractivity (Wildman–Crippen MR) is 143 cm³/mol. The Morgan fingerprint density at radius 3 is 2.32 bits per heavy atom. The summed E-state index contributed by atoms with van der Waals surface area (Å²) in [6.07, 6.45) is -1.40. The highest BCUT2D eigenvalue weighted by atomic mass is 79.9. The first-order valence-corrected chi connectivity index (χ1v) is 13.6. The van der Waals surface area contributed by atoms with Crippen molar-refractivity contribution in [1.29, 1.82) is 0 Å². The van der Waals surface area contributed by atoms with E-state index in [1.165, 1.54) is 16.7 Å². The fraction of sp³-hybridized carbons (Fsp3) is 0.346. The number of halogens is 5. The van der Waals surface area contributed by atoms with Crippen molar-refractivity contribution in [3.63, 3.8) is 0 Å². The Hall–Kier alpha value is -2.86. The predicted octanol–water partition coefficient (Wildman–Crippen LogP) is 5.65. The monoisotopic (exact) mass is 654 g/mol. The first kappa shape index (κ1) is 26.7. The van der Waals surface area contributed by atoms with Crippen molar-refractivity contribution < 1.29 is 22.8 Å². The molecule has 0 spiro atoms. The molecule has 200 valence electrons. The van der Waals surface area contributed by atoms with Crippen LogP contribution in [-0.2, 0) is 11.0 Å². The van der Waals surface area contributed by atoms with Crippen molar-refractivity contribution >= 4 is 49.2 Å². The number of anilines is 1. The fourth-order valence-corrected chi connectivity index (χ4v) is 6.17. The summed E-state index contributed by atoms with van der Waals surface area (Å²) in [6.45, 7) is 0.854. The highest BCUT2D eigenvalue weighted by Crippen LogP contribution is 2.44. The molecule has 2 heterocycles. The van der Waals surface area contributed by atoms with Gasteiger partial charge >= 0.3 is 11.9 Å². The highest BCUT2D eigenvalue weighted by molar-refractivity contribution is 9.11. The molecule has 1 aromatic heterocycles. The van der Waals surface area contributed by atoms with Gasteiger partial charge in [0.1, 0.15) is 0 Å². The Morgan fingerprint density at radius 2 is 1.68 bits per heavy atom. The van der Waals surface area contributed by atoms with E-state index in [2.05, 4.69) is 36.8 Å². The van der Waals surface area contributed by atoms with Crippen molar-refractivity contribution in [1.82, 2.24) is 14.5 Å². The first-order chi connectivity index (χ1) is 17.9. The van der Waals surface area contributed by atoms with Crippen LogP contribution in [0.2, 0.25) is 0 Å². The second kappa shape index (κ2) is 10.0. The fourth-order valence-electron chi connectivity index (χ4n) is 4.99. The van der Waals surface area contributed by atoms with E-state index in [9.17, 15) is 27.6 Å². The third-order valence-corrected chi connectivity index (χ3v) is 8.53. The summed E-state index contributed by atoms with van der Waals surface area (Å²) in [5.41, 5.74) is 6.27. The third kappa shape index (κ3) is 5.20. The molecule has 0 radical (unpaired) electrons. The van der Waals surface area contributed by atoms with Crippen LogP contribution >= 0.6 is 31.9 Å².